The molecule has 0 saturated heterocycles. The van der Waals surface area contributed by atoms with Gasteiger partial charge in [-0.2, -0.15) is 0 Å². The summed E-state index contributed by atoms with van der Waals surface area (Å²) in [4.78, 5) is 26.8. The zero-order valence-electron chi connectivity index (χ0n) is 8.12. The van der Waals surface area contributed by atoms with Crippen LogP contribution >= 0.6 is 0 Å². The largest absolute Gasteiger partial charge is 0.356 e. The van der Waals surface area contributed by atoms with E-state index in [2.05, 4.69) is 16.8 Å². The minimum absolute atomic E-state index is 0.300. The summed E-state index contributed by atoms with van der Waals surface area (Å²) in [6, 6.07) is 1.49. The van der Waals surface area contributed by atoms with Crippen molar-refractivity contribution in [3.63, 3.8) is 0 Å². The molecule has 1 aliphatic rings. The fourth-order valence-electron chi connectivity index (χ4n) is 1.82. The Morgan fingerprint density at radius 2 is 2.21 bits per heavy atom. The van der Waals surface area contributed by atoms with E-state index in [9.17, 15) is 9.59 Å². The van der Waals surface area contributed by atoms with Gasteiger partial charge in [-0.25, -0.2) is 4.79 Å². The minimum Gasteiger partial charge on any atom is -0.356 e. The van der Waals surface area contributed by atoms with Gasteiger partial charge < -0.3 is 4.90 Å². The van der Waals surface area contributed by atoms with E-state index >= 15 is 0 Å². The number of rotatable bonds is 2. The summed E-state index contributed by atoms with van der Waals surface area (Å²) in [5.41, 5.74) is -0.615. The summed E-state index contributed by atoms with van der Waals surface area (Å²) in [5, 5.41) is 0. The number of hydrogen-bond acceptors (Lipinski definition) is 3. The van der Waals surface area contributed by atoms with Crippen molar-refractivity contribution in [1.29, 1.82) is 0 Å². The Labute approximate surface area is 81.0 Å². The number of aromatic nitrogens is 2. The van der Waals surface area contributed by atoms with E-state index in [0.717, 1.165) is 25.3 Å². The smallest absolute Gasteiger partial charge is 0.329 e. The summed E-state index contributed by atoms with van der Waals surface area (Å²) < 4.78 is 1.61. The number of aromatic amines is 1. The predicted octanol–water partition coefficient (Wildman–Crippen LogP) is -0.233. The molecule has 14 heavy (non-hydrogen) atoms. The van der Waals surface area contributed by atoms with Crippen LogP contribution in [-0.4, -0.2) is 22.6 Å². The fourth-order valence-corrected chi connectivity index (χ4v) is 1.82. The maximum atomic E-state index is 11.4. The minimum atomic E-state index is -0.316. The summed E-state index contributed by atoms with van der Waals surface area (Å²) in [5.74, 6) is 0.751. The normalized spacial score (nSPS) is 14.5. The van der Waals surface area contributed by atoms with Gasteiger partial charge in [-0.3, -0.25) is 14.3 Å². The topological polar surface area (TPSA) is 58.1 Å². The van der Waals surface area contributed by atoms with Crippen LogP contribution in [0.25, 0.3) is 0 Å². The fraction of sp³-hybridized carbons (Fsp3) is 0.556. The molecule has 0 fully saturated rings. The lowest BCUT2D eigenvalue weighted by Gasteiger charge is -2.15. The number of fused-ring (bicyclic) bond motifs is 1. The van der Waals surface area contributed by atoms with E-state index in [0.29, 0.717) is 6.54 Å². The van der Waals surface area contributed by atoms with Crippen LogP contribution in [0, 0.1) is 0 Å². The number of hydrogen-bond donors (Lipinski definition) is 1. The second kappa shape index (κ2) is 3.32. The Morgan fingerprint density at radius 1 is 1.43 bits per heavy atom. The zero-order chi connectivity index (χ0) is 10.1. The molecule has 1 aliphatic heterocycles. The lowest BCUT2D eigenvalue weighted by atomic mass is 10.4. The van der Waals surface area contributed by atoms with Gasteiger partial charge in [-0.15, -0.1) is 0 Å². The van der Waals surface area contributed by atoms with Gasteiger partial charge in [-0.1, -0.05) is 6.92 Å². The Hall–Kier alpha value is -1.52. The van der Waals surface area contributed by atoms with Crippen molar-refractivity contribution in [1.82, 2.24) is 9.55 Å². The van der Waals surface area contributed by atoms with Crippen LogP contribution < -0.4 is 16.1 Å². The van der Waals surface area contributed by atoms with E-state index in [1.54, 1.807) is 4.57 Å². The van der Waals surface area contributed by atoms with E-state index in [1.807, 2.05) is 0 Å². The predicted molar refractivity (Wildman–Crippen MR) is 53.8 cm³/mol. The van der Waals surface area contributed by atoms with Crippen LogP contribution in [0.4, 0.5) is 5.82 Å². The van der Waals surface area contributed by atoms with Crippen molar-refractivity contribution in [3.05, 3.63) is 26.9 Å². The van der Waals surface area contributed by atoms with Crippen LogP contribution in [0.5, 0.6) is 0 Å². The van der Waals surface area contributed by atoms with Gasteiger partial charge in [0.2, 0.25) is 0 Å². The molecule has 0 unspecified atom stereocenters. The van der Waals surface area contributed by atoms with Gasteiger partial charge in [0.15, 0.2) is 0 Å². The van der Waals surface area contributed by atoms with Gasteiger partial charge in [0.25, 0.3) is 5.56 Å². The van der Waals surface area contributed by atoms with Crippen molar-refractivity contribution >= 4 is 5.82 Å². The van der Waals surface area contributed by atoms with Gasteiger partial charge in [0.1, 0.15) is 5.82 Å². The Balaban J connectivity index is 2.49. The van der Waals surface area contributed by atoms with Crippen LogP contribution in [-0.2, 0) is 6.54 Å². The molecule has 5 nitrogen and oxygen atoms in total. The molecule has 2 rings (SSSR count). The van der Waals surface area contributed by atoms with Crippen molar-refractivity contribution < 1.29 is 0 Å². The van der Waals surface area contributed by atoms with E-state index in [4.69, 9.17) is 0 Å². The molecule has 0 radical (unpaired) electrons. The van der Waals surface area contributed by atoms with Crippen molar-refractivity contribution in [2.75, 3.05) is 18.0 Å². The first-order valence-electron chi connectivity index (χ1n) is 4.81. The summed E-state index contributed by atoms with van der Waals surface area (Å²) in [7, 11) is 0. The third-order valence-electron chi connectivity index (χ3n) is 2.42. The molecule has 2 heterocycles. The molecule has 0 saturated carbocycles. The van der Waals surface area contributed by atoms with Crippen molar-refractivity contribution in [3.8, 4) is 0 Å². The second-order valence-corrected chi connectivity index (χ2v) is 3.44. The Bertz CT molecular complexity index is 446. The number of anilines is 1. The average molecular weight is 195 g/mol. The van der Waals surface area contributed by atoms with Crippen LogP contribution in [0.2, 0.25) is 0 Å². The first kappa shape index (κ1) is 9.05. The molecular weight excluding hydrogens is 182 g/mol. The summed E-state index contributed by atoms with van der Waals surface area (Å²) >= 11 is 0. The first-order chi connectivity index (χ1) is 6.72. The zero-order valence-corrected chi connectivity index (χ0v) is 8.12. The van der Waals surface area contributed by atoms with E-state index in [-0.39, 0.29) is 11.2 Å². The molecule has 0 spiro atoms. The molecule has 1 N–H and O–H groups in total. The third-order valence-corrected chi connectivity index (χ3v) is 2.42. The monoisotopic (exact) mass is 195 g/mol. The van der Waals surface area contributed by atoms with Gasteiger partial charge >= 0.3 is 5.69 Å². The second-order valence-electron chi connectivity index (χ2n) is 3.44. The third kappa shape index (κ3) is 1.34. The van der Waals surface area contributed by atoms with Crippen LogP contribution in [0.1, 0.15) is 13.3 Å². The molecule has 0 aromatic carbocycles. The van der Waals surface area contributed by atoms with E-state index < -0.39 is 0 Å². The molecule has 0 atom stereocenters. The Kier molecular flexibility index (Phi) is 2.15. The first-order valence-corrected chi connectivity index (χ1v) is 4.81. The van der Waals surface area contributed by atoms with Gasteiger partial charge in [0.05, 0.1) is 0 Å². The maximum Gasteiger partial charge on any atom is 0.329 e. The molecule has 0 bridgehead atoms. The van der Waals surface area contributed by atoms with E-state index in [1.165, 1.54) is 6.07 Å². The maximum absolute atomic E-state index is 11.4. The number of nitrogens with zero attached hydrogens (tertiary/aromatic N) is 2. The average Bonchev–Trinajstić information content (AvgIpc) is 2.49. The highest BCUT2D eigenvalue weighted by Crippen LogP contribution is 2.15. The SMILES string of the molecule is CCCN1CCn2c1cc(=O)[nH]c2=O. The lowest BCUT2D eigenvalue weighted by Crippen LogP contribution is -2.29. The van der Waals surface area contributed by atoms with Gasteiger partial charge in [0, 0.05) is 25.7 Å². The highest BCUT2D eigenvalue weighted by Gasteiger charge is 2.19. The Morgan fingerprint density at radius 3 is 2.93 bits per heavy atom. The lowest BCUT2D eigenvalue weighted by molar-refractivity contribution is 0.723. The van der Waals surface area contributed by atoms with Crippen molar-refractivity contribution in [2.45, 2.75) is 19.9 Å². The number of nitrogens with one attached hydrogen (secondary N) is 1. The highest BCUT2D eigenvalue weighted by atomic mass is 16.2. The number of H-pyrrole nitrogens is 1. The molecule has 5 heteroatoms. The molecule has 0 aliphatic carbocycles. The summed E-state index contributed by atoms with van der Waals surface area (Å²) in [6.45, 7) is 4.46. The molecule has 1 aromatic heterocycles. The van der Waals surface area contributed by atoms with Gasteiger partial charge in [-0.05, 0) is 6.42 Å². The molecule has 1 aromatic rings. The molecule has 0 amide bonds. The standard InChI is InChI=1S/C9H13N3O2/c1-2-3-11-4-5-12-8(11)6-7(13)10-9(12)14/h6H,2-5H2,1H3,(H,10,13,14). The van der Waals surface area contributed by atoms with Crippen LogP contribution in [0.15, 0.2) is 15.7 Å². The molecular formula is C9H13N3O2. The van der Waals surface area contributed by atoms with Crippen LogP contribution in [0.3, 0.4) is 0 Å². The summed E-state index contributed by atoms with van der Waals surface area (Å²) in [6.07, 6.45) is 1.01. The quantitative estimate of drug-likeness (QED) is 0.709. The van der Waals surface area contributed by atoms with Crippen molar-refractivity contribution in [2.24, 2.45) is 0 Å². The molecule has 76 valence electrons. The highest BCUT2D eigenvalue weighted by molar-refractivity contribution is 5.41.